The van der Waals surface area contributed by atoms with E-state index in [9.17, 15) is 14.7 Å². The Morgan fingerprint density at radius 3 is 2.75 bits per heavy atom. The first-order chi connectivity index (χ1) is 9.57. The lowest BCUT2D eigenvalue weighted by atomic mass is 9.86. The van der Waals surface area contributed by atoms with Crippen molar-refractivity contribution in [3.8, 4) is 0 Å². The van der Waals surface area contributed by atoms with Gasteiger partial charge in [-0.25, -0.2) is 9.78 Å². The molecule has 1 heterocycles. The maximum Gasteiger partial charge on any atom is 0.338 e. The third-order valence-electron chi connectivity index (χ3n) is 3.80. The number of hydrogen-bond donors (Lipinski definition) is 2. The molecule has 20 heavy (non-hydrogen) atoms. The molecule has 1 aliphatic rings. The van der Waals surface area contributed by atoms with Crippen molar-refractivity contribution in [3.05, 3.63) is 23.9 Å². The second kappa shape index (κ2) is 5.90. The van der Waals surface area contributed by atoms with Gasteiger partial charge >= 0.3 is 11.9 Å². The number of nitrogens with one attached hydrogen (secondary N) is 1. The Balaban J connectivity index is 2.07. The number of methoxy groups -OCH3 is 1. The summed E-state index contributed by atoms with van der Waals surface area (Å²) in [6.45, 7) is 0.319. The van der Waals surface area contributed by atoms with Gasteiger partial charge in [0.15, 0.2) is 0 Å². The van der Waals surface area contributed by atoms with Crippen molar-refractivity contribution in [2.75, 3.05) is 19.0 Å². The number of carboxylic acids is 1. The van der Waals surface area contributed by atoms with Crippen molar-refractivity contribution in [1.82, 2.24) is 4.98 Å². The Kier molecular flexibility index (Phi) is 4.22. The SMILES string of the molecule is COC(=O)c1ccnc(NCC2(C(=O)O)CCCC2)c1. The number of hydrogen-bond acceptors (Lipinski definition) is 5. The van der Waals surface area contributed by atoms with Crippen molar-refractivity contribution in [3.63, 3.8) is 0 Å². The van der Waals surface area contributed by atoms with Crippen LogP contribution in [0.25, 0.3) is 0 Å². The van der Waals surface area contributed by atoms with Crippen molar-refractivity contribution in [2.24, 2.45) is 5.41 Å². The molecule has 1 aliphatic carbocycles. The average Bonchev–Trinajstić information content (AvgIpc) is 2.95. The van der Waals surface area contributed by atoms with E-state index in [0.717, 1.165) is 12.8 Å². The van der Waals surface area contributed by atoms with Crippen LogP contribution in [0.3, 0.4) is 0 Å². The van der Waals surface area contributed by atoms with Crippen LogP contribution in [0.4, 0.5) is 5.82 Å². The molecule has 0 amide bonds. The Morgan fingerprint density at radius 2 is 2.15 bits per heavy atom. The van der Waals surface area contributed by atoms with Crippen LogP contribution in [-0.2, 0) is 9.53 Å². The van der Waals surface area contributed by atoms with Gasteiger partial charge in [-0.1, -0.05) is 12.8 Å². The van der Waals surface area contributed by atoms with Crippen LogP contribution in [-0.4, -0.2) is 35.7 Å². The molecule has 1 aromatic rings. The molecule has 0 saturated heterocycles. The van der Waals surface area contributed by atoms with E-state index in [1.807, 2.05) is 0 Å². The van der Waals surface area contributed by atoms with E-state index >= 15 is 0 Å². The van der Waals surface area contributed by atoms with Crippen LogP contribution in [0.2, 0.25) is 0 Å². The number of aliphatic carboxylic acids is 1. The summed E-state index contributed by atoms with van der Waals surface area (Å²) >= 11 is 0. The van der Waals surface area contributed by atoms with E-state index in [1.165, 1.54) is 13.3 Å². The van der Waals surface area contributed by atoms with Gasteiger partial charge in [-0.05, 0) is 25.0 Å². The summed E-state index contributed by atoms with van der Waals surface area (Å²) in [5.41, 5.74) is -0.330. The minimum absolute atomic E-state index is 0.319. The van der Waals surface area contributed by atoms with Gasteiger partial charge in [0.05, 0.1) is 18.1 Å². The molecular weight excluding hydrogens is 260 g/mol. The molecular formula is C14H18N2O4. The average molecular weight is 278 g/mol. The zero-order chi connectivity index (χ0) is 14.6. The summed E-state index contributed by atoms with van der Waals surface area (Å²) in [6.07, 6.45) is 4.71. The molecule has 2 rings (SSSR count). The molecule has 0 unspecified atom stereocenters. The first-order valence-electron chi connectivity index (χ1n) is 6.59. The molecule has 1 aromatic heterocycles. The van der Waals surface area contributed by atoms with Crippen LogP contribution < -0.4 is 5.32 Å². The van der Waals surface area contributed by atoms with E-state index in [0.29, 0.717) is 30.8 Å². The van der Waals surface area contributed by atoms with E-state index in [2.05, 4.69) is 15.0 Å². The molecule has 0 aliphatic heterocycles. The van der Waals surface area contributed by atoms with Crippen LogP contribution in [0.1, 0.15) is 36.0 Å². The van der Waals surface area contributed by atoms with Gasteiger partial charge in [-0.15, -0.1) is 0 Å². The number of anilines is 1. The number of pyridine rings is 1. The van der Waals surface area contributed by atoms with Gasteiger partial charge in [0.2, 0.25) is 0 Å². The fourth-order valence-electron chi connectivity index (χ4n) is 2.55. The molecule has 0 radical (unpaired) electrons. The molecule has 0 aromatic carbocycles. The highest BCUT2D eigenvalue weighted by atomic mass is 16.5. The summed E-state index contributed by atoms with van der Waals surface area (Å²) in [4.78, 5) is 27.0. The molecule has 108 valence electrons. The van der Waals surface area contributed by atoms with E-state index in [1.54, 1.807) is 12.1 Å². The summed E-state index contributed by atoms with van der Waals surface area (Å²) in [7, 11) is 1.31. The minimum Gasteiger partial charge on any atom is -0.481 e. The van der Waals surface area contributed by atoms with Gasteiger partial charge in [0.1, 0.15) is 5.82 Å². The predicted molar refractivity (Wildman–Crippen MR) is 72.6 cm³/mol. The van der Waals surface area contributed by atoms with Crippen LogP contribution >= 0.6 is 0 Å². The first-order valence-corrected chi connectivity index (χ1v) is 6.59. The van der Waals surface area contributed by atoms with Gasteiger partial charge in [-0.3, -0.25) is 4.79 Å². The zero-order valence-corrected chi connectivity index (χ0v) is 11.4. The number of esters is 1. The third kappa shape index (κ3) is 2.89. The highest BCUT2D eigenvalue weighted by molar-refractivity contribution is 5.90. The Bertz CT molecular complexity index is 510. The van der Waals surface area contributed by atoms with Crippen molar-refractivity contribution >= 4 is 17.8 Å². The fraction of sp³-hybridized carbons (Fsp3) is 0.500. The smallest absolute Gasteiger partial charge is 0.338 e. The lowest BCUT2D eigenvalue weighted by Gasteiger charge is -2.24. The normalized spacial score (nSPS) is 16.6. The highest BCUT2D eigenvalue weighted by Gasteiger charge is 2.41. The maximum absolute atomic E-state index is 11.4. The molecule has 0 atom stereocenters. The largest absolute Gasteiger partial charge is 0.481 e. The summed E-state index contributed by atoms with van der Waals surface area (Å²) in [5.74, 6) is -0.726. The maximum atomic E-state index is 11.4. The van der Waals surface area contributed by atoms with E-state index in [4.69, 9.17) is 0 Å². The lowest BCUT2D eigenvalue weighted by molar-refractivity contribution is -0.147. The van der Waals surface area contributed by atoms with E-state index < -0.39 is 17.4 Å². The van der Waals surface area contributed by atoms with Gasteiger partial charge in [0, 0.05) is 12.7 Å². The lowest BCUT2D eigenvalue weighted by Crippen LogP contribution is -2.35. The van der Waals surface area contributed by atoms with Crippen LogP contribution in [0.15, 0.2) is 18.3 Å². The van der Waals surface area contributed by atoms with Crippen LogP contribution in [0, 0.1) is 5.41 Å². The minimum atomic E-state index is -0.772. The molecule has 6 heteroatoms. The van der Waals surface area contributed by atoms with E-state index in [-0.39, 0.29) is 0 Å². The predicted octanol–water partition coefficient (Wildman–Crippen LogP) is 1.93. The second-order valence-corrected chi connectivity index (χ2v) is 5.07. The Hall–Kier alpha value is -2.11. The number of carbonyl (C=O) groups excluding carboxylic acids is 1. The van der Waals surface area contributed by atoms with Gasteiger partial charge < -0.3 is 15.2 Å². The number of carboxylic acid groups (broad SMARTS) is 1. The molecule has 6 nitrogen and oxygen atoms in total. The number of carbonyl (C=O) groups is 2. The highest BCUT2D eigenvalue weighted by Crippen LogP contribution is 2.38. The van der Waals surface area contributed by atoms with Crippen molar-refractivity contribution in [1.29, 1.82) is 0 Å². The zero-order valence-electron chi connectivity index (χ0n) is 11.4. The molecule has 0 bridgehead atoms. The summed E-state index contributed by atoms with van der Waals surface area (Å²) < 4.78 is 4.64. The molecule has 1 saturated carbocycles. The number of nitrogens with zero attached hydrogens (tertiary/aromatic N) is 1. The standard InChI is InChI=1S/C14H18N2O4/c1-20-12(17)10-4-7-15-11(8-10)16-9-14(13(18)19)5-2-3-6-14/h4,7-8H,2-3,5-6,9H2,1H3,(H,15,16)(H,18,19). The Morgan fingerprint density at radius 1 is 1.45 bits per heavy atom. The number of ether oxygens (including phenoxy) is 1. The summed E-state index contributed by atoms with van der Waals surface area (Å²) in [6, 6.07) is 3.12. The second-order valence-electron chi connectivity index (χ2n) is 5.07. The van der Waals surface area contributed by atoms with Crippen molar-refractivity contribution < 1.29 is 19.4 Å². The first kappa shape index (κ1) is 14.3. The van der Waals surface area contributed by atoms with Gasteiger partial charge in [-0.2, -0.15) is 0 Å². The fourth-order valence-corrected chi connectivity index (χ4v) is 2.55. The number of rotatable bonds is 5. The number of aromatic nitrogens is 1. The summed E-state index contributed by atoms with van der Waals surface area (Å²) in [5, 5.41) is 12.4. The molecule has 1 fully saturated rings. The molecule has 2 N–H and O–H groups in total. The monoisotopic (exact) mass is 278 g/mol. The quantitative estimate of drug-likeness (QED) is 0.800. The van der Waals surface area contributed by atoms with Crippen LogP contribution in [0.5, 0.6) is 0 Å². The van der Waals surface area contributed by atoms with Gasteiger partial charge in [0.25, 0.3) is 0 Å². The molecule has 0 spiro atoms. The Labute approximate surface area is 117 Å². The topological polar surface area (TPSA) is 88.5 Å². The third-order valence-corrected chi connectivity index (χ3v) is 3.80. The van der Waals surface area contributed by atoms with Crippen molar-refractivity contribution in [2.45, 2.75) is 25.7 Å².